The number of methoxy groups -OCH3 is 1. The zero-order valence-corrected chi connectivity index (χ0v) is 12.0. The Morgan fingerprint density at radius 1 is 1.23 bits per heavy atom. The van der Waals surface area contributed by atoms with Gasteiger partial charge in [-0.2, -0.15) is 5.10 Å². The van der Waals surface area contributed by atoms with Crippen molar-refractivity contribution in [2.75, 3.05) is 7.11 Å². The van der Waals surface area contributed by atoms with E-state index in [-0.39, 0.29) is 0 Å². The van der Waals surface area contributed by atoms with Crippen molar-refractivity contribution >= 4 is 23.5 Å². The van der Waals surface area contributed by atoms with Crippen molar-refractivity contribution in [2.45, 2.75) is 18.9 Å². The molecule has 1 aliphatic carbocycles. The van der Waals surface area contributed by atoms with E-state index in [9.17, 15) is 10.0 Å². The third kappa shape index (κ3) is 2.08. The Hall–Kier alpha value is -2.32. The molecular formula is C14H15BN4O3. The number of benzene rings is 1. The lowest BCUT2D eigenvalue weighted by Crippen LogP contribution is -2.30. The molecule has 8 heteroatoms. The van der Waals surface area contributed by atoms with Crippen LogP contribution >= 0.6 is 0 Å². The average molecular weight is 298 g/mol. The molecule has 0 aliphatic heterocycles. The Labute approximate surface area is 126 Å². The molecule has 22 heavy (non-hydrogen) atoms. The summed E-state index contributed by atoms with van der Waals surface area (Å²) in [4.78, 5) is 0. The summed E-state index contributed by atoms with van der Waals surface area (Å²) in [6.45, 7) is 0. The summed E-state index contributed by atoms with van der Waals surface area (Å²) in [6, 6.07) is 5.70. The number of fused-ring (bicyclic) bond motifs is 1. The van der Waals surface area contributed by atoms with E-state index in [1.54, 1.807) is 30.1 Å². The van der Waals surface area contributed by atoms with Gasteiger partial charge in [-0.15, -0.1) is 5.10 Å². The number of ether oxygens (including phenoxy) is 1. The van der Waals surface area contributed by atoms with Gasteiger partial charge in [0.05, 0.1) is 24.9 Å². The van der Waals surface area contributed by atoms with Crippen LogP contribution in [0.25, 0.3) is 16.6 Å². The van der Waals surface area contributed by atoms with Crippen molar-refractivity contribution in [1.82, 2.24) is 19.6 Å². The standard InChI is InChI=1S/C14H15BN4O3/c1-22-14-13(8-18(17-14)9-5-6-9)19-7-10-11(15(20)21)3-2-4-12(10)16-19/h2-4,7-9,20-21H,5-6H2,1H3. The molecule has 0 radical (unpaired) electrons. The summed E-state index contributed by atoms with van der Waals surface area (Å²) in [5, 5.41) is 28.5. The van der Waals surface area contributed by atoms with Crippen LogP contribution in [0.5, 0.6) is 5.88 Å². The van der Waals surface area contributed by atoms with E-state index in [2.05, 4.69) is 10.2 Å². The quantitative estimate of drug-likeness (QED) is 0.674. The molecule has 0 atom stereocenters. The van der Waals surface area contributed by atoms with E-state index in [1.807, 2.05) is 16.9 Å². The number of hydrogen-bond acceptors (Lipinski definition) is 5. The lowest BCUT2D eigenvalue weighted by molar-refractivity contribution is 0.386. The molecule has 112 valence electrons. The molecule has 0 bridgehead atoms. The third-order valence-corrected chi connectivity index (χ3v) is 3.90. The first-order chi connectivity index (χ1) is 10.7. The minimum atomic E-state index is -1.53. The highest BCUT2D eigenvalue weighted by atomic mass is 16.5. The maximum Gasteiger partial charge on any atom is 0.489 e. The van der Waals surface area contributed by atoms with Gasteiger partial charge < -0.3 is 14.8 Å². The van der Waals surface area contributed by atoms with Gasteiger partial charge in [0.2, 0.25) is 0 Å². The summed E-state index contributed by atoms with van der Waals surface area (Å²) in [5.74, 6) is 0.505. The molecule has 0 unspecified atom stereocenters. The van der Waals surface area contributed by atoms with Crippen LogP contribution in [-0.4, -0.2) is 43.8 Å². The minimum absolute atomic E-state index is 0.428. The monoisotopic (exact) mass is 298 g/mol. The summed E-state index contributed by atoms with van der Waals surface area (Å²) < 4.78 is 8.91. The maximum atomic E-state index is 9.46. The van der Waals surface area contributed by atoms with Crippen molar-refractivity contribution in [3.05, 3.63) is 30.6 Å². The Balaban J connectivity index is 1.85. The fourth-order valence-corrected chi connectivity index (χ4v) is 2.61. The van der Waals surface area contributed by atoms with Gasteiger partial charge in [-0.25, -0.2) is 4.68 Å². The topological polar surface area (TPSA) is 85.3 Å². The van der Waals surface area contributed by atoms with Crippen molar-refractivity contribution in [2.24, 2.45) is 0 Å². The molecule has 2 aromatic heterocycles. The Kier molecular flexibility index (Phi) is 2.95. The third-order valence-electron chi connectivity index (χ3n) is 3.90. The molecule has 1 aliphatic rings. The summed E-state index contributed by atoms with van der Waals surface area (Å²) in [7, 11) is 0.0484. The first-order valence-electron chi connectivity index (χ1n) is 7.15. The molecule has 0 saturated heterocycles. The minimum Gasteiger partial charge on any atom is -0.478 e. The number of nitrogens with zero attached hydrogens (tertiary/aromatic N) is 4. The van der Waals surface area contributed by atoms with E-state index in [4.69, 9.17) is 4.74 Å². The molecule has 2 heterocycles. The second-order valence-corrected chi connectivity index (χ2v) is 5.46. The van der Waals surface area contributed by atoms with Crippen molar-refractivity contribution < 1.29 is 14.8 Å². The highest BCUT2D eigenvalue weighted by Crippen LogP contribution is 2.36. The van der Waals surface area contributed by atoms with Crippen molar-refractivity contribution in [1.29, 1.82) is 0 Å². The van der Waals surface area contributed by atoms with Crippen LogP contribution in [0.1, 0.15) is 18.9 Å². The van der Waals surface area contributed by atoms with Crippen LogP contribution in [0.4, 0.5) is 0 Å². The molecule has 0 spiro atoms. The maximum absolute atomic E-state index is 9.46. The van der Waals surface area contributed by atoms with Crippen LogP contribution < -0.4 is 10.2 Å². The van der Waals surface area contributed by atoms with Gasteiger partial charge in [0.15, 0.2) is 0 Å². The summed E-state index contributed by atoms with van der Waals surface area (Å²) in [5.41, 5.74) is 1.85. The normalized spacial score (nSPS) is 14.5. The predicted molar refractivity (Wildman–Crippen MR) is 81.5 cm³/mol. The van der Waals surface area contributed by atoms with Crippen molar-refractivity contribution in [3.63, 3.8) is 0 Å². The highest BCUT2D eigenvalue weighted by Gasteiger charge is 2.27. The fraction of sp³-hybridized carbons (Fsp3) is 0.286. The molecule has 2 N–H and O–H groups in total. The average Bonchev–Trinajstić information content (AvgIpc) is 3.13. The van der Waals surface area contributed by atoms with Crippen LogP contribution in [0.3, 0.4) is 0 Å². The molecule has 7 nitrogen and oxygen atoms in total. The van der Waals surface area contributed by atoms with Crippen LogP contribution in [0, 0.1) is 0 Å². The number of hydrogen-bond donors (Lipinski definition) is 2. The van der Waals surface area contributed by atoms with Crippen LogP contribution in [-0.2, 0) is 0 Å². The molecular weight excluding hydrogens is 283 g/mol. The fourth-order valence-electron chi connectivity index (χ4n) is 2.61. The second kappa shape index (κ2) is 4.86. The van der Waals surface area contributed by atoms with E-state index >= 15 is 0 Å². The zero-order valence-electron chi connectivity index (χ0n) is 12.0. The summed E-state index contributed by atoms with van der Waals surface area (Å²) in [6.07, 6.45) is 5.94. The van der Waals surface area contributed by atoms with Crippen molar-refractivity contribution in [3.8, 4) is 11.6 Å². The highest BCUT2D eigenvalue weighted by molar-refractivity contribution is 6.61. The molecule has 3 aromatic rings. The van der Waals surface area contributed by atoms with Gasteiger partial charge >= 0.3 is 7.12 Å². The first-order valence-corrected chi connectivity index (χ1v) is 7.15. The number of rotatable bonds is 4. The molecule has 0 amide bonds. The van der Waals surface area contributed by atoms with Gasteiger partial charge in [0, 0.05) is 11.6 Å². The van der Waals surface area contributed by atoms with E-state index in [0.717, 1.165) is 18.5 Å². The second-order valence-electron chi connectivity index (χ2n) is 5.46. The van der Waals surface area contributed by atoms with Gasteiger partial charge in [-0.3, -0.25) is 4.68 Å². The zero-order chi connectivity index (χ0) is 15.3. The lowest BCUT2D eigenvalue weighted by Gasteiger charge is -1.99. The molecule has 1 saturated carbocycles. The van der Waals surface area contributed by atoms with Gasteiger partial charge in [-0.1, -0.05) is 12.1 Å². The Morgan fingerprint density at radius 3 is 2.73 bits per heavy atom. The van der Waals surface area contributed by atoms with Crippen LogP contribution in [0.15, 0.2) is 30.6 Å². The smallest absolute Gasteiger partial charge is 0.478 e. The molecule has 1 aromatic carbocycles. The van der Waals surface area contributed by atoms with E-state index in [1.165, 1.54) is 0 Å². The van der Waals surface area contributed by atoms with Crippen LogP contribution in [0.2, 0.25) is 0 Å². The number of aromatic nitrogens is 4. The predicted octanol–water partition coefficient (Wildman–Crippen LogP) is 0.245. The first kappa shape index (κ1) is 13.4. The SMILES string of the molecule is COc1nn(C2CC2)cc1-n1cc2c(B(O)O)cccc2n1. The summed E-state index contributed by atoms with van der Waals surface area (Å²) >= 11 is 0. The molecule has 1 fully saturated rings. The van der Waals surface area contributed by atoms with Gasteiger partial charge in [0.1, 0.15) is 5.69 Å². The Bertz CT molecular complexity index is 838. The van der Waals surface area contributed by atoms with Gasteiger partial charge in [0.25, 0.3) is 5.88 Å². The van der Waals surface area contributed by atoms with Gasteiger partial charge in [-0.05, 0) is 24.4 Å². The van der Waals surface area contributed by atoms with E-state index in [0.29, 0.717) is 28.3 Å². The lowest BCUT2D eigenvalue weighted by atomic mass is 9.78. The van der Waals surface area contributed by atoms with E-state index < -0.39 is 7.12 Å². The Morgan fingerprint density at radius 2 is 2.05 bits per heavy atom. The largest absolute Gasteiger partial charge is 0.489 e. The molecule has 4 rings (SSSR count).